The summed E-state index contributed by atoms with van der Waals surface area (Å²) in [4.78, 5) is 27.3. The number of hydrogen-bond donors (Lipinski definition) is 1. The van der Waals surface area contributed by atoms with Crippen molar-refractivity contribution in [1.29, 1.82) is 0 Å². The van der Waals surface area contributed by atoms with E-state index >= 15 is 0 Å². The van der Waals surface area contributed by atoms with E-state index < -0.39 is 29.3 Å². The molecule has 148 valence electrons. The molecule has 4 nitrogen and oxygen atoms in total. The van der Waals surface area contributed by atoms with Gasteiger partial charge in [0.2, 0.25) is 0 Å². The number of allylic oxidation sites excluding steroid dienone is 1. The van der Waals surface area contributed by atoms with Gasteiger partial charge in [0.1, 0.15) is 5.82 Å². The smallest absolute Gasteiger partial charge is 0.294 e. The molecule has 1 N–H and O–H groups in total. The maximum absolute atomic E-state index is 13.5. The van der Waals surface area contributed by atoms with Crippen LogP contribution in [-0.2, 0) is 9.59 Å². The minimum absolute atomic E-state index is 0.0392. The van der Waals surface area contributed by atoms with Crippen molar-refractivity contribution in [2.75, 3.05) is 4.90 Å². The Hall–Kier alpha value is -3.99. The number of carbonyl (C=O) groups excluding carboxylic acids is 2. The molecule has 0 saturated carbocycles. The molecule has 0 aliphatic carbocycles. The number of ketones is 1. The fourth-order valence-electron chi connectivity index (χ4n) is 3.50. The molecule has 4 rings (SSSR count). The molecule has 0 bridgehead atoms. The number of hydrogen-bond acceptors (Lipinski definition) is 3. The van der Waals surface area contributed by atoms with Gasteiger partial charge in [-0.3, -0.25) is 14.5 Å². The Morgan fingerprint density at radius 1 is 0.900 bits per heavy atom. The molecule has 5 heteroatoms. The second-order valence-corrected chi connectivity index (χ2v) is 6.84. The lowest BCUT2D eigenvalue weighted by atomic mass is 9.95. The highest BCUT2D eigenvalue weighted by Gasteiger charge is 2.43. The second-order valence-electron chi connectivity index (χ2n) is 6.84. The number of carbonyl (C=O) groups is 2. The third-order valence-corrected chi connectivity index (χ3v) is 4.92. The van der Waals surface area contributed by atoms with Crippen molar-refractivity contribution in [2.24, 2.45) is 0 Å². The van der Waals surface area contributed by atoms with Gasteiger partial charge in [0.15, 0.2) is 11.5 Å². The Balaban J connectivity index is 1.78. The number of nitrogens with zero attached hydrogens (tertiary/aromatic N) is 1. The van der Waals surface area contributed by atoms with Crippen LogP contribution in [0.3, 0.4) is 0 Å². The molecule has 0 fully saturated rings. The Morgan fingerprint density at radius 2 is 1.50 bits per heavy atom. The van der Waals surface area contributed by atoms with Crippen LogP contribution in [0.15, 0.2) is 102 Å². The first-order chi connectivity index (χ1) is 14.6. The summed E-state index contributed by atoms with van der Waals surface area (Å²) in [5.74, 6) is -2.19. The van der Waals surface area contributed by atoms with Crippen molar-refractivity contribution in [2.45, 2.75) is 6.04 Å². The van der Waals surface area contributed by atoms with Crippen LogP contribution < -0.4 is 4.90 Å². The molecule has 0 spiro atoms. The van der Waals surface area contributed by atoms with Gasteiger partial charge in [0.25, 0.3) is 5.91 Å². The first-order valence-electron chi connectivity index (χ1n) is 9.41. The van der Waals surface area contributed by atoms with Gasteiger partial charge in [-0.2, -0.15) is 0 Å². The number of amides is 1. The minimum Gasteiger partial charge on any atom is -0.503 e. The predicted molar refractivity (Wildman–Crippen MR) is 113 cm³/mol. The summed E-state index contributed by atoms with van der Waals surface area (Å²) in [5.41, 5.74) is 1.82. The van der Waals surface area contributed by atoms with E-state index in [9.17, 15) is 19.1 Å². The van der Waals surface area contributed by atoms with Gasteiger partial charge in [-0.15, -0.1) is 0 Å². The van der Waals surface area contributed by atoms with E-state index in [4.69, 9.17) is 0 Å². The van der Waals surface area contributed by atoms with Crippen molar-refractivity contribution in [1.82, 2.24) is 0 Å². The second kappa shape index (κ2) is 8.17. The average molecular weight is 399 g/mol. The van der Waals surface area contributed by atoms with E-state index in [1.165, 1.54) is 35.2 Å². The normalized spacial score (nSPS) is 16.5. The summed E-state index contributed by atoms with van der Waals surface area (Å²) in [6, 6.07) is 22.7. The zero-order valence-corrected chi connectivity index (χ0v) is 15.9. The molecule has 0 unspecified atom stereocenters. The quantitative estimate of drug-likeness (QED) is 0.614. The summed E-state index contributed by atoms with van der Waals surface area (Å²) in [6.45, 7) is 0. The molecule has 1 heterocycles. The van der Waals surface area contributed by atoms with Crippen LogP contribution in [0.4, 0.5) is 10.1 Å². The average Bonchev–Trinajstić information content (AvgIpc) is 3.04. The van der Waals surface area contributed by atoms with Gasteiger partial charge >= 0.3 is 0 Å². The van der Waals surface area contributed by atoms with E-state index in [-0.39, 0.29) is 5.57 Å². The summed E-state index contributed by atoms with van der Waals surface area (Å²) in [7, 11) is 0. The van der Waals surface area contributed by atoms with Gasteiger partial charge in [0, 0.05) is 5.69 Å². The summed E-state index contributed by atoms with van der Waals surface area (Å²) >= 11 is 0. The Kier molecular flexibility index (Phi) is 5.26. The van der Waals surface area contributed by atoms with Crippen molar-refractivity contribution >= 4 is 23.5 Å². The van der Waals surface area contributed by atoms with Crippen LogP contribution in [0, 0.1) is 5.82 Å². The van der Waals surface area contributed by atoms with Crippen LogP contribution >= 0.6 is 0 Å². The first-order valence-corrected chi connectivity index (χ1v) is 9.41. The number of para-hydroxylation sites is 1. The third kappa shape index (κ3) is 3.65. The standard InChI is InChI=1S/C25H18FNO3/c26-19-14-12-18(13-15-19)23-22(21(28)16-11-17-7-3-1-4-8-17)24(29)25(30)27(23)20-9-5-2-6-10-20/h1-16,23,29H/b16-11+/t23-/m0/s1. The largest absolute Gasteiger partial charge is 0.503 e. The molecule has 0 aromatic heterocycles. The molecule has 30 heavy (non-hydrogen) atoms. The number of rotatable bonds is 5. The van der Waals surface area contributed by atoms with Crippen LogP contribution in [0.1, 0.15) is 17.2 Å². The number of anilines is 1. The molecular weight excluding hydrogens is 381 g/mol. The highest BCUT2D eigenvalue weighted by atomic mass is 19.1. The zero-order chi connectivity index (χ0) is 21.1. The van der Waals surface area contributed by atoms with Gasteiger partial charge in [-0.1, -0.05) is 66.7 Å². The lowest BCUT2D eigenvalue weighted by molar-refractivity contribution is -0.117. The van der Waals surface area contributed by atoms with Crippen molar-refractivity contribution in [3.8, 4) is 0 Å². The molecule has 1 amide bonds. The van der Waals surface area contributed by atoms with Crippen LogP contribution in [0.25, 0.3) is 6.08 Å². The zero-order valence-electron chi connectivity index (χ0n) is 15.9. The van der Waals surface area contributed by atoms with E-state index in [0.29, 0.717) is 11.3 Å². The van der Waals surface area contributed by atoms with E-state index in [2.05, 4.69) is 0 Å². The molecule has 1 aliphatic heterocycles. The highest BCUT2D eigenvalue weighted by molar-refractivity contribution is 6.19. The topological polar surface area (TPSA) is 57.6 Å². The Morgan fingerprint density at radius 3 is 2.13 bits per heavy atom. The third-order valence-electron chi connectivity index (χ3n) is 4.92. The van der Waals surface area contributed by atoms with Gasteiger partial charge in [-0.05, 0) is 41.5 Å². The maximum atomic E-state index is 13.5. The van der Waals surface area contributed by atoms with E-state index in [0.717, 1.165) is 5.56 Å². The molecule has 3 aromatic rings. The van der Waals surface area contributed by atoms with E-state index in [1.807, 2.05) is 30.3 Å². The van der Waals surface area contributed by atoms with Crippen LogP contribution in [0.2, 0.25) is 0 Å². The fourth-order valence-corrected chi connectivity index (χ4v) is 3.50. The molecule has 3 aromatic carbocycles. The SMILES string of the molecule is O=C(/C=C/c1ccccc1)C1=C(O)C(=O)N(c2ccccc2)[C@H]1c1ccc(F)cc1. The Labute approximate surface area is 173 Å². The van der Waals surface area contributed by atoms with Gasteiger partial charge in [0.05, 0.1) is 11.6 Å². The molecule has 0 radical (unpaired) electrons. The summed E-state index contributed by atoms with van der Waals surface area (Å²) in [5, 5.41) is 10.6. The summed E-state index contributed by atoms with van der Waals surface area (Å²) < 4.78 is 13.5. The molecule has 1 atom stereocenters. The predicted octanol–water partition coefficient (Wildman–Crippen LogP) is 5.01. The lowest BCUT2D eigenvalue weighted by Gasteiger charge is -2.26. The van der Waals surface area contributed by atoms with Crippen LogP contribution in [-0.4, -0.2) is 16.8 Å². The number of aliphatic hydroxyl groups excluding tert-OH is 1. The molecule has 1 aliphatic rings. The van der Waals surface area contributed by atoms with Gasteiger partial charge < -0.3 is 5.11 Å². The molecular formula is C25H18FNO3. The van der Waals surface area contributed by atoms with E-state index in [1.54, 1.807) is 36.4 Å². The maximum Gasteiger partial charge on any atom is 0.294 e. The number of halogens is 1. The highest BCUT2D eigenvalue weighted by Crippen LogP contribution is 2.41. The first kappa shape index (κ1) is 19.3. The minimum atomic E-state index is -0.867. The summed E-state index contributed by atoms with van der Waals surface area (Å²) in [6.07, 6.45) is 2.96. The number of benzene rings is 3. The van der Waals surface area contributed by atoms with Crippen molar-refractivity contribution in [3.63, 3.8) is 0 Å². The Bertz CT molecular complexity index is 1140. The van der Waals surface area contributed by atoms with Crippen molar-refractivity contribution < 1.29 is 19.1 Å². The van der Waals surface area contributed by atoms with Crippen molar-refractivity contribution in [3.05, 3.63) is 119 Å². The monoisotopic (exact) mass is 399 g/mol. The number of aliphatic hydroxyl groups is 1. The fraction of sp³-hybridized carbons (Fsp3) is 0.0400. The van der Waals surface area contributed by atoms with Crippen LogP contribution in [0.5, 0.6) is 0 Å². The van der Waals surface area contributed by atoms with Gasteiger partial charge in [-0.25, -0.2) is 4.39 Å². The lowest BCUT2D eigenvalue weighted by Crippen LogP contribution is -2.30. The molecule has 0 saturated heterocycles.